The van der Waals surface area contributed by atoms with Crippen LogP contribution in [0.3, 0.4) is 0 Å². The summed E-state index contributed by atoms with van der Waals surface area (Å²) in [6, 6.07) is 14.3. The van der Waals surface area contributed by atoms with Crippen LogP contribution < -0.4 is 9.47 Å². The summed E-state index contributed by atoms with van der Waals surface area (Å²) in [5.41, 5.74) is 2.48. The minimum Gasteiger partial charge on any atom is -0.454 e. The van der Waals surface area contributed by atoms with Gasteiger partial charge in [0.2, 0.25) is 6.79 Å². The van der Waals surface area contributed by atoms with Gasteiger partial charge in [0, 0.05) is 0 Å². The van der Waals surface area contributed by atoms with E-state index in [2.05, 4.69) is 0 Å². The highest BCUT2D eigenvalue weighted by atomic mass is 19.1. The van der Waals surface area contributed by atoms with Crippen LogP contribution in [0.5, 0.6) is 11.5 Å². The van der Waals surface area contributed by atoms with Crippen molar-refractivity contribution in [3.05, 3.63) is 102 Å². The van der Waals surface area contributed by atoms with Crippen molar-refractivity contribution in [3.63, 3.8) is 0 Å². The van der Waals surface area contributed by atoms with Crippen molar-refractivity contribution < 1.29 is 27.0 Å². The van der Waals surface area contributed by atoms with Crippen LogP contribution in [-0.2, 0) is 0 Å². The van der Waals surface area contributed by atoms with E-state index in [9.17, 15) is 17.6 Å². The predicted octanol–water partition coefficient (Wildman–Crippen LogP) is 7.46. The van der Waals surface area contributed by atoms with Crippen molar-refractivity contribution >= 4 is 5.57 Å². The molecule has 0 amide bonds. The maximum atomic E-state index is 14.3. The molecule has 0 aliphatic carbocycles. The lowest BCUT2D eigenvalue weighted by Gasteiger charge is -2.12. The van der Waals surface area contributed by atoms with Gasteiger partial charge in [0.25, 0.3) is 0 Å². The second-order valence-electron chi connectivity index (χ2n) is 6.81. The maximum Gasteiger partial charge on any atom is 0.231 e. The second kappa shape index (κ2) is 9.98. The highest BCUT2D eigenvalue weighted by molar-refractivity contribution is 5.66. The number of rotatable bonds is 7. The lowest BCUT2D eigenvalue weighted by atomic mass is 10.1. The van der Waals surface area contributed by atoms with Crippen molar-refractivity contribution in [3.8, 4) is 22.6 Å². The number of hydrogen-bond acceptors (Lipinski definition) is 2. The molecule has 0 saturated carbocycles. The fraction of sp³-hybridized carbons (Fsp3) is 0.120. The third-order valence-corrected chi connectivity index (χ3v) is 4.49. The predicted molar refractivity (Wildman–Crippen MR) is 113 cm³/mol. The lowest BCUT2D eigenvalue weighted by molar-refractivity contribution is 0.111. The zero-order valence-corrected chi connectivity index (χ0v) is 17.0. The molecule has 0 unspecified atom stereocenters. The van der Waals surface area contributed by atoms with Gasteiger partial charge in [-0.1, -0.05) is 30.3 Å². The summed E-state index contributed by atoms with van der Waals surface area (Å²) in [5, 5.41) is 0. The first-order chi connectivity index (χ1) is 14.8. The monoisotopic (exact) mass is 428 g/mol. The Morgan fingerprint density at radius 1 is 0.742 bits per heavy atom. The largest absolute Gasteiger partial charge is 0.454 e. The van der Waals surface area contributed by atoms with Crippen LogP contribution in [0.25, 0.3) is 16.7 Å². The Balaban J connectivity index is 1.63. The Bertz CT molecular complexity index is 1110. The molecule has 0 aliphatic heterocycles. The lowest BCUT2D eigenvalue weighted by Crippen LogP contribution is -2.08. The van der Waals surface area contributed by atoms with Gasteiger partial charge in [-0.25, -0.2) is 17.6 Å². The molecule has 0 atom stereocenters. The van der Waals surface area contributed by atoms with Crippen LogP contribution >= 0.6 is 0 Å². The van der Waals surface area contributed by atoms with Crippen molar-refractivity contribution in [1.29, 1.82) is 0 Å². The number of halogens is 4. The Labute approximate surface area is 178 Å². The molecule has 31 heavy (non-hydrogen) atoms. The maximum absolute atomic E-state index is 14.3. The van der Waals surface area contributed by atoms with Gasteiger partial charge in [-0.05, 0) is 78.6 Å². The fourth-order valence-electron chi connectivity index (χ4n) is 2.80. The molecule has 2 nitrogen and oxygen atoms in total. The summed E-state index contributed by atoms with van der Waals surface area (Å²) < 4.78 is 65.0. The fourth-order valence-corrected chi connectivity index (χ4v) is 2.80. The summed E-state index contributed by atoms with van der Waals surface area (Å²) in [6.07, 6.45) is 2.84. The molecule has 3 aromatic carbocycles. The van der Waals surface area contributed by atoms with Gasteiger partial charge < -0.3 is 9.47 Å². The topological polar surface area (TPSA) is 18.5 Å². The first-order valence-corrected chi connectivity index (χ1v) is 9.45. The zero-order valence-electron chi connectivity index (χ0n) is 17.0. The molecule has 160 valence electrons. The highest BCUT2D eigenvalue weighted by Crippen LogP contribution is 2.27. The first kappa shape index (κ1) is 22.2. The molecule has 6 heteroatoms. The molecule has 0 heterocycles. The van der Waals surface area contributed by atoms with E-state index in [0.717, 1.165) is 0 Å². The van der Waals surface area contributed by atoms with Crippen LogP contribution in [-0.4, -0.2) is 6.79 Å². The van der Waals surface area contributed by atoms with E-state index in [-0.39, 0.29) is 23.1 Å². The smallest absolute Gasteiger partial charge is 0.231 e. The van der Waals surface area contributed by atoms with Gasteiger partial charge in [0.05, 0.1) is 5.83 Å². The number of benzene rings is 3. The van der Waals surface area contributed by atoms with Gasteiger partial charge in [0.1, 0.15) is 5.82 Å². The van der Waals surface area contributed by atoms with E-state index in [1.54, 1.807) is 37.3 Å². The van der Waals surface area contributed by atoms with E-state index < -0.39 is 18.4 Å². The third kappa shape index (κ3) is 5.98. The molecular formula is C25H20F4O2. The second-order valence-corrected chi connectivity index (χ2v) is 6.81. The normalized spacial score (nSPS) is 12.1. The summed E-state index contributed by atoms with van der Waals surface area (Å²) in [7, 11) is 0. The molecule has 0 fully saturated rings. The van der Waals surface area contributed by atoms with Crippen LogP contribution in [0, 0.1) is 17.5 Å². The van der Waals surface area contributed by atoms with Crippen molar-refractivity contribution in [1.82, 2.24) is 0 Å². The zero-order chi connectivity index (χ0) is 22.4. The van der Waals surface area contributed by atoms with Crippen LogP contribution in [0.1, 0.15) is 19.4 Å². The van der Waals surface area contributed by atoms with Crippen LogP contribution in [0.2, 0.25) is 0 Å². The van der Waals surface area contributed by atoms with Gasteiger partial charge in [0.15, 0.2) is 23.1 Å². The van der Waals surface area contributed by atoms with Gasteiger partial charge in [-0.3, -0.25) is 0 Å². The first-order valence-electron chi connectivity index (χ1n) is 9.45. The van der Waals surface area contributed by atoms with E-state index in [1.165, 1.54) is 49.4 Å². The molecule has 0 spiro atoms. The number of allylic oxidation sites excluding steroid dienone is 4. The Morgan fingerprint density at radius 2 is 1.32 bits per heavy atom. The average Bonchev–Trinajstić information content (AvgIpc) is 2.74. The van der Waals surface area contributed by atoms with E-state index in [1.807, 2.05) is 0 Å². The summed E-state index contributed by atoms with van der Waals surface area (Å²) in [5.74, 6) is -2.10. The number of ether oxygens (including phenoxy) is 2. The van der Waals surface area contributed by atoms with E-state index in [0.29, 0.717) is 22.3 Å². The summed E-state index contributed by atoms with van der Waals surface area (Å²) in [6.45, 7) is 2.65. The Kier molecular flexibility index (Phi) is 7.13. The third-order valence-electron chi connectivity index (χ3n) is 4.49. The van der Waals surface area contributed by atoms with E-state index in [4.69, 9.17) is 9.47 Å². The highest BCUT2D eigenvalue weighted by Gasteiger charge is 2.09. The molecule has 0 saturated heterocycles. The van der Waals surface area contributed by atoms with Gasteiger partial charge in [-0.2, -0.15) is 0 Å². The minimum atomic E-state index is -0.627. The average molecular weight is 428 g/mol. The van der Waals surface area contributed by atoms with Gasteiger partial charge >= 0.3 is 0 Å². The molecule has 3 aromatic rings. The molecule has 0 bridgehead atoms. The van der Waals surface area contributed by atoms with Crippen LogP contribution in [0.4, 0.5) is 17.6 Å². The minimum absolute atomic E-state index is 0.0582. The quantitative estimate of drug-likeness (QED) is 0.221. The Hall–Kier alpha value is -3.54. The summed E-state index contributed by atoms with van der Waals surface area (Å²) in [4.78, 5) is 0. The van der Waals surface area contributed by atoms with Gasteiger partial charge in [-0.15, -0.1) is 0 Å². The van der Waals surface area contributed by atoms with Crippen LogP contribution in [0.15, 0.2) is 78.6 Å². The van der Waals surface area contributed by atoms with Crippen molar-refractivity contribution in [2.45, 2.75) is 13.8 Å². The molecule has 0 N–H and O–H groups in total. The molecular weight excluding hydrogens is 408 g/mol. The molecule has 0 aliphatic rings. The standard InChI is InChI=1S/C25H20F4O2/c1-16(3-4-17(2)26)19-7-11-24(22(28)13-19)30-15-31-25-12-8-20(14-23(25)29)18-5-9-21(27)10-6-18/h3-14H,15H2,1-2H3/b16-3+,17-4+. The van der Waals surface area contributed by atoms with Crippen molar-refractivity contribution in [2.24, 2.45) is 0 Å². The number of hydrogen-bond donors (Lipinski definition) is 0. The summed E-state index contributed by atoms with van der Waals surface area (Å²) >= 11 is 0. The molecule has 0 radical (unpaired) electrons. The Morgan fingerprint density at radius 3 is 1.90 bits per heavy atom. The van der Waals surface area contributed by atoms with E-state index >= 15 is 0 Å². The van der Waals surface area contributed by atoms with Crippen molar-refractivity contribution in [2.75, 3.05) is 6.79 Å². The molecule has 3 rings (SSSR count). The molecule has 0 aromatic heterocycles. The SMILES string of the molecule is C/C(F)=C\C=C(/C)c1ccc(OCOc2ccc(-c3ccc(F)cc3)cc2F)c(F)c1.